The summed E-state index contributed by atoms with van der Waals surface area (Å²) in [6, 6.07) is 15.2. The molecule has 6 nitrogen and oxygen atoms in total. The Kier molecular flexibility index (Phi) is 6.46. The molecule has 4 N–H and O–H groups in total. The SMILES string of the molecule is CCc1ccc(OCc2cccc(C3O[C@H](CO)[C@@H](O)C(O)[C@@H]3O)c2)cc1. The molecule has 2 aromatic rings. The van der Waals surface area contributed by atoms with Crippen molar-refractivity contribution in [3.05, 3.63) is 65.2 Å². The van der Waals surface area contributed by atoms with E-state index in [1.165, 1.54) is 5.56 Å². The van der Waals surface area contributed by atoms with Gasteiger partial charge in [0.15, 0.2) is 0 Å². The monoisotopic (exact) mass is 374 g/mol. The Hall–Kier alpha value is -1.96. The van der Waals surface area contributed by atoms with E-state index < -0.39 is 37.1 Å². The number of aliphatic hydroxyl groups excluding tert-OH is 4. The van der Waals surface area contributed by atoms with Crippen LogP contribution in [-0.4, -0.2) is 51.4 Å². The summed E-state index contributed by atoms with van der Waals surface area (Å²) in [6.45, 7) is 2.00. The third kappa shape index (κ3) is 4.48. The maximum atomic E-state index is 10.3. The fourth-order valence-corrected chi connectivity index (χ4v) is 3.23. The number of benzene rings is 2. The van der Waals surface area contributed by atoms with Crippen molar-refractivity contribution in [1.29, 1.82) is 0 Å². The van der Waals surface area contributed by atoms with E-state index in [-0.39, 0.29) is 0 Å². The van der Waals surface area contributed by atoms with Crippen molar-refractivity contribution in [3.8, 4) is 5.75 Å². The molecule has 0 bridgehead atoms. The summed E-state index contributed by atoms with van der Waals surface area (Å²) in [6.07, 6.45) is -4.84. The van der Waals surface area contributed by atoms with E-state index in [0.29, 0.717) is 12.2 Å². The smallest absolute Gasteiger partial charge is 0.119 e. The second kappa shape index (κ2) is 8.82. The van der Waals surface area contributed by atoms with Gasteiger partial charge in [-0.2, -0.15) is 0 Å². The summed E-state index contributed by atoms with van der Waals surface area (Å²) in [5.74, 6) is 0.769. The van der Waals surface area contributed by atoms with Crippen LogP contribution < -0.4 is 4.74 Å². The summed E-state index contributed by atoms with van der Waals surface area (Å²) >= 11 is 0. The topological polar surface area (TPSA) is 99.4 Å². The number of aliphatic hydroxyl groups is 4. The quantitative estimate of drug-likeness (QED) is 0.609. The van der Waals surface area contributed by atoms with Crippen molar-refractivity contribution in [1.82, 2.24) is 0 Å². The van der Waals surface area contributed by atoms with Gasteiger partial charge >= 0.3 is 0 Å². The van der Waals surface area contributed by atoms with Crippen LogP contribution in [0.1, 0.15) is 29.7 Å². The number of aryl methyl sites for hydroxylation is 1. The highest BCUT2D eigenvalue weighted by atomic mass is 16.5. The van der Waals surface area contributed by atoms with Gasteiger partial charge in [-0.15, -0.1) is 0 Å². The van der Waals surface area contributed by atoms with Crippen molar-refractivity contribution in [3.63, 3.8) is 0 Å². The Morgan fingerprint density at radius 2 is 1.67 bits per heavy atom. The molecular formula is C21H26O6. The van der Waals surface area contributed by atoms with Crippen LogP contribution in [-0.2, 0) is 17.8 Å². The zero-order valence-corrected chi connectivity index (χ0v) is 15.2. The van der Waals surface area contributed by atoms with Crippen LogP contribution in [0.4, 0.5) is 0 Å². The summed E-state index contributed by atoms with van der Waals surface area (Å²) in [5, 5.41) is 39.5. The molecule has 0 aliphatic carbocycles. The van der Waals surface area contributed by atoms with E-state index in [4.69, 9.17) is 9.47 Å². The van der Waals surface area contributed by atoms with Crippen molar-refractivity contribution in [2.75, 3.05) is 6.61 Å². The summed E-state index contributed by atoms with van der Waals surface area (Å²) in [5.41, 5.74) is 2.77. The van der Waals surface area contributed by atoms with E-state index in [0.717, 1.165) is 17.7 Å². The van der Waals surface area contributed by atoms with Crippen LogP contribution in [0.25, 0.3) is 0 Å². The predicted molar refractivity (Wildman–Crippen MR) is 99.3 cm³/mol. The lowest BCUT2D eigenvalue weighted by atomic mass is 9.91. The van der Waals surface area contributed by atoms with E-state index in [1.54, 1.807) is 6.07 Å². The van der Waals surface area contributed by atoms with Crippen molar-refractivity contribution < 1.29 is 29.9 Å². The summed E-state index contributed by atoms with van der Waals surface area (Å²) in [7, 11) is 0. The molecule has 0 radical (unpaired) electrons. The molecular weight excluding hydrogens is 348 g/mol. The standard InChI is InChI=1S/C21H26O6/c1-2-13-6-8-16(9-7-13)26-12-14-4-3-5-15(10-14)21-20(25)19(24)18(23)17(11-22)27-21/h3-10,17-25H,2,11-12H2,1H3/t17-,18-,19?,20+,21?/m1/s1. The lowest BCUT2D eigenvalue weighted by molar-refractivity contribution is -0.231. The zero-order chi connectivity index (χ0) is 19.4. The van der Waals surface area contributed by atoms with Crippen molar-refractivity contribution in [2.45, 2.75) is 50.5 Å². The molecule has 6 heteroatoms. The van der Waals surface area contributed by atoms with Gasteiger partial charge in [-0.3, -0.25) is 0 Å². The van der Waals surface area contributed by atoms with Crippen LogP contribution in [0.3, 0.4) is 0 Å². The normalized spacial score (nSPS) is 28.1. The van der Waals surface area contributed by atoms with Crippen LogP contribution in [0.2, 0.25) is 0 Å². The Morgan fingerprint density at radius 3 is 2.33 bits per heavy atom. The highest BCUT2D eigenvalue weighted by Gasteiger charge is 2.43. The fraction of sp³-hybridized carbons (Fsp3) is 0.429. The number of rotatable bonds is 6. The average molecular weight is 374 g/mol. The zero-order valence-electron chi connectivity index (χ0n) is 15.2. The minimum Gasteiger partial charge on any atom is -0.489 e. The molecule has 3 rings (SSSR count). The lowest BCUT2D eigenvalue weighted by Crippen LogP contribution is -2.55. The molecule has 2 unspecified atom stereocenters. The molecule has 5 atom stereocenters. The molecule has 1 fully saturated rings. The molecule has 0 spiro atoms. The van der Waals surface area contributed by atoms with Gasteiger partial charge in [0.2, 0.25) is 0 Å². The second-order valence-corrected chi connectivity index (χ2v) is 6.78. The third-order valence-corrected chi connectivity index (χ3v) is 4.91. The van der Waals surface area contributed by atoms with Gasteiger partial charge in [0.1, 0.15) is 42.9 Å². The summed E-state index contributed by atoms with van der Waals surface area (Å²) in [4.78, 5) is 0. The van der Waals surface area contributed by atoms with Crippen LogP contribution in [0, 0.1) is 0 Å². The van der Waals surface area contributed by atoms with Crippen molar-refractivity contribution in [2.24, 2.45) is 0 Å². The largest absolute Gasteiger partial charge is 0.489 e. The first-order chi connectivity index (χ1) is 13.0. The number of hydrogen-bond acceptors (Lipinski definition) is 6. The molecule has 1 aliphatic rings. The minimum absolute atomic E-state index is 0.344. The predicted octanol–water partition coefficient (Wildman–Crippen LogP) is 1.34. The Morgan fingerprint density at radius 1 is 0.926 bits per heavy atom. The Balaban J connectivity index is 1.70. The molecule has 1 saturated heterocycles. The number of ether oxygens (including phenoxy) is 2. The lowest BCUT2D eigenvalue weighted by Gasteiger charge is -2.40. The molecule has 1 heterocycles. The van der Waals surface area contributed by atoms with Crippen LogP contribution >= 0.6 is 0 Å². The van der Waals surface area contributed by atoms with Crippen LogP contribution in [0.5, 0.6) is 5.75 Å². The molecule has 27 heavy (non-hydrogen) atoms. The number of hydrogen-bond donors (Lipinski definition) is 4. The highest BCUT2D eigenvalue weighted by molar-refractivity contribution is 5.29. The van der Waals surface area contributed by atoms with E-state index in [1.807, 2.05) is 42.5 Å². The third-order valence-electron chi connectivity index (χ3n) is 4.91. The van der Waals surface area contributed by atoms with Gasteiger partial charge in [-0.05, 0) is 41.3 Å². The first-order valence-corrected chi connectivity index (χ1v) is 9.14. The van der Waals surface area contributed by atoms with Crippen molar-refractivity contribution >= 4 is 0 Å². The Bertz CT molecular complexity index is 730. The van der Waals surface area contributed by atoms with Gasteiger partial charge in [0, 0.05) is 0 Å². The first kappa shape index (κ1) is 19.8. The second-order valence-electron chi connectivity index (χ2n) is 6.78. The van der Waals surface area contributed by atoms with E-state index >= 15 is 0 Å². The highest BCUT2D eigenvalue weighted by Crippen LogP contribution is 2.32. The van der Waals surface area contributed by atoms with Gasteiger partial charge in [0.05, 0.1) is 6.61 Å². The average Bonchev–Trinajstić information content (AvgIpc) is 2.71. The van der Waals surface area contributed by atoms with Gasteiger partial charge in [0.25, 0.3) is 0 Å². The van der Waals surface area contributed by atoms with E-state index in [9.17, 15) is 20.4 Å². The molecule has 0 aromatic heterocycles. The summed E-state index contributed by atoms with van der Waals surface area (Å²) < 4.78 is 11.4. The molecule has 0 amide bonds. The molecule has 1 aliphatic heterocycles. The minimum atomic E-state index is -1.39. The van der Waals surface area contributed by atoms with Gasteiger partial charge in [-0.25, -0.2) is 0 Å². The Labute approximate surface area is 158 Å². The fourth-order valence-electron chi connectivity index (χ4n) is 3.23. The first-order valence-electron chi connectivity index (χ1n) is 9.14. The maximum Gasteiger partial charge on any atom is 0.119 e. The maximum absolute atomic E-state index is 10.3. The van der Waals surface area contributed by atoms with E-state index in [2.05, 4.69) is 6.92 Å². The molecule has 146 valence electrons. The van der Waals surface area contributed by atoms with Gasteiger partial charge in [-0.1, -0.05) is 37.3 Å². The van der Waals surface area contributed by atoms with Crippen LogP contribution in [0.15, 0.2) is 48.5 Å². The molecule has 2 aromatic carbocycles. The van der Waals surface area contributed by atoms with Gasteiger partial charge < -0.3 is 29.9 Å². The molecule has 0 saturated carbocycles.